The number of rotatable bonds is 5. The van der Waals surface area contributed by atoms with Gasteiger partial charge in [0.1, 0.15) is 5.75 Å². The summed E-state index contributed by atoms with van der Waals surface area (Å²) in [6.07, 6.45) is 0.737. The summed E-state index contributed by atoms with van der Waals surface area (Å²) in [5.74, 6) is 0.627. The van der Waals surface area contributed by atoms with Gasteiger partial charge in [0, 0.05) is 6.54 Å². The lowest BCUT2D eigenvalue weighted by Gasteiger charge is -2.07. The fraction of sp³-hybridized carbons (Fsp3) is 0.214. The van der Waals surface area contributed by atoms with Gasteiger partial charge in [0.25, 0.3) is 5.91 Å². The van der Waals surface area contributed by atoms with Crippen molar-refractivity contribution >= 4 is 28.8 Å². The van der Waals surface area contributed by atoms with Crippen molar-refractivity contribution in [3.8, 4) is 5.75 Å². The standard InChI is InChI=1S/C14H14ClNO2S/c1-18-12-5-4-10(9-11(12)15)6-7-16-14(17)13-3-2-8-19-13/h2-5,8-9H,6-7H2,1H3,(H,16,17). The fourth-order valence-electron chi connectivity index (χ4n) is 1.68. The lowest BCUT2D eigenvalue weighted by Crippen LogP contribution is -2.24. The Morgan fingerprint density at radius 3 is 2.89 bits per heavy atom. The normalized spacial score (nSPS) is 10.2. The van der Waals surface area contributed by atoms with Crippen LogP contribution >= 0.6 is 22.9 Å². The molecule has 3 nitrogen and oxygen atoms in total. The van der Waals surface area contributed by atoms with Gasteiger partial charge in [-0.25, -0.2) is 0 Å². The maximum Gasteiger partial charge on any atom is 0.261 e. The zero-order valence-electron chi connectivity index (χ0n) is 10.5. The first kappa shape index (κ1) is 13.9. The zero-order chi connectivity index (χ0) is 13.7. The molecule has 0 aliphatic rings. The first-order valence-electron chi connectivity index (χ1n) is 5.85. The van der Waals surface area contributed by atoms with Crippen molar-refractivity contribution < 1.29 is 9.53 Å². The highest BCUT2D eigenvalue weighted by Crippen LogP contribution is 2.24. The van der Waals surface area contributed by atoms with Gasteiger partial charge in [0.05, 0.1) is 17.0 Å². The molecule has 0 aliphatic heterocycles. The number of benzene rings is 1. The molecule has 5 heteroatoms. The molecule has 0 aliphatic carbocycles. The highest BCUT2D eigenvalue weighted by atomic mass is 35.5. The van der Waals surface area contributed by atoms with Crippen LogP contribution in [0, 0.1) is 0 Å². The third kappa shape index (κ3) is 3.72. The predicted molar refractivity (Wildman–Crippen MR) is 78.4 cm³/mol. The average molecular weight is 296 g/mol. The minimum atomic E-state index is -0.0328. The van der Waals surface area contributed by atoms with Crippen LogP contribution in [0.4, 0.5) is 0 Å². The van der Waals surface area contributed by atoms with Gasteiger partial charge < -0.3 is 10.1 Å². The topological polar surface area (TPSA) is 38.3 Å². The summed E-state index contributed by atoms with van der Waals surface area (Å²) in [5, 5.41) is 5.35. The van der Waals surface area contributed by atoms with E-state index in [4.69, 9.17) is 16.3 Å². The summed E-state index contributed by atoms with van der Waals surface area (Å²) in [5.41, 5.74) is 1.07. The third-order valence-corrected chi connectivity index (χ3v) is 3.82. The van der Waals surface area contributed by atoms with Crippen molar-refractivity contribution in [2.24, 2.45) is 0 Å². The van der Waals surface area contributed by atoms with Crippen molar-refractivity contribution in [1.82, 2.24) is 5.32 Å². The number of methoxy groups -OCH3 is 1. The molecule has 100 valence electrons. The van der Waals surface area contributed by atoms with E-state index in [1.807, 2.05) is 35.7 Å². The summed E-state index contributed by atoms with van der Waals surface area (Å²) in [4.78, 5) is 12.4. The Hall–Kier alpha value is -1.52. The van der Waals surface area contributed by atoms with Gasteiger partial charge in [0.15, 0.2) is 0 Å². The molecule has 1 amide bonds. The summed E-state index contributed by atoms with van der Waals surface area (Å²) in [7, 11) is 1.59. The van der Waals surface area contributed by atoms with Crippen molar-refractivity contribution in [2.75, 3.05) is 13.7 Å². The van der Waals surface area contributed by atoms with Gasteiger partial charge in [-0.05, 0) is 35.6 Å². The number of ether oxygens (including phenoxy) is 1. The van der Waals surface area contributed by atoms with Crippen LogP contribution in [0.1, 0.15) is 15.2 Å². The van der Waals surface area contributed by atoms with E-state index in [-0.39, 0.29) is 5.91 Å². The van der Waals surface area contributed by atoms with E-state index >= 15 is 0 Å². The number of hydrogen-bond acceptors (Lipinski definition) is 3. The van der Waals surface area contributed by atoms with Gasteiger partial charge in [-0.3, -0.25) is 4.79 Å². The Bertz CT molecular complexity index is 555. The van der Waals surface area contributed by atoms with Gasteiger partial charge in [-0.2, -0.15) is 0 Å². The molecule has 0 saturated carbocycles. The lowest BCUT2D eigenvalue weighted by atomic mass is 10.1. The van der Waals surface area contributed by atoms with E-state index in [1.54, 1.807) is 7.11 Å². The van der Waals surface area contributed by atoms with Crippen LogP contribution in [0.3, 0.4) is 0 Å². The molecule has 0 bridgehead atoms. The van der Waals surface area contributed by atoms with E-state index in [9.17, 15) is 4.79 Å². The molecule has 0 unspecified atom stereocenters. The predicted octanol–water partition coefficient (Wildman–Crippen LogP) is 3.38. The Kier molecular flexibility index (Phi) is 4.82. The molecule has 0 saturated heterocycles. The maximum absolute atomic E-state index is 11.7. The van der Waals surface area contributed by atoms with Gasteiger partial charge in [-0.1, -0.05) is 23.7 Å². The minimum absolute atomic E-state index is 0.0328. The van der Waals surface area contributed by atoms with Crippen LogP contribution in [0.2, 0.25) is 5.02 Å². The molecule has 2 aromatic rings. The first-order chi connectivity index (χ1) is 9.20. The molecule has 19 heavy (non-hydrogen) atoms. The number of thiophene rings is 1. The smallest absolute Gasteiger partial charge is 0.261 e. The molecule has 0 spiro atoms. The summed E-state index contributed by atoms with van der Waals surface area (Å²) in [6.45, 7) is 0.583. The monoisotopic (exact) mass is 295 g/mol. The SMILES string of the molecule is COc1ccc(CCNC(=O)c2cccs2)cc1Cl. The average Bonchev–Trinajstić information content (AvgIpc) is 2.93. The molecular weight excluding hydrogens is 282 g/mol. The Morgan fingerprint density at radius 2 is 2.26 bits per heavy atom. The number of amides is 1. The molecule has 1 aromatic heterocycles. The van der Waals surface area contributed by atoms with Gasteiger partial charge in [0.2, 0.25) is 0 Å². The zero-order valence-corrected chi connectivity index (χ0v) is 12.1. The van der Waals surface area contributed by atoms with Crippen molar-refractivity contribution in [3.05, 3.63) is 51.2 Å². The largest absolute Gasteiger partial charge is 0.495 e. The van der Waals surface area contributed by atoms with E-state index in [0.29, 0.717) is 17.3 Å². The van der Waals surface area contributed by atoms with Gasteiger partial charge in [-0.15, -0.1) is 11.3 Å². The molecule has 0 fully saturated rings. The Balaban J connectivity index is 1.86. The summed E-state index contributed by atoms with van der Waals surface area (Å²) in [6, 6.07) is 9.31. The summed E-state index contributed by atoms with van der Waals surface area (Å²) >= 11 is 7.48. The summed E-state index contributed by atoms with van der Waals surface area (Å²) < 4.78 is 5.09. The fourth-order valence-corrected chi connectivity index (χ4v) is 2.60. The van der Waals surface area contributed by atoms with E-state index in [2.05, 4.69) is 5.32 Å². The number of carbonyl (C=O) groups excluding carboxylic acids is 1. The van der Waals surface area contributed by atoms with Crippen LogP contribution < -0.4 is 10.1 Å². The van der Waals surface area contributed by atoms with Crippen LogP contribution in [-0.4, -0.2) is 19.6 Å². The van der Waals surface area contributed by atoms with Crippen molar-refractivity contribution in [1.29, 1.82) is 0 Å². The number of hydrogen-bond donors (Lipinski definition) is 1. The van der Waals surface area contributed by atoms with Crippen LogP contribution in [-0.2, 0) is 6.42 Å². The second kappa shape index (κ2) is 6.59. The second-order valence-corrected chi connectivity index (χ2v) is 5.31. The molecule has 1 aromatic carbocycles. The van der Waals surface area contributed by atoms with E-state index in [0.717, 1.165) is 16.9 Å². The minimum Gasteiger partial charge on any atom is -0.495 e. The number of nitrogens with one attached hydrogen (secondary N) is 1. The quantitative estimate of drug-likeness (QED) is 0.918. The lowest BCUT2D eigenvalue weighted by molar-refractivity contribution is 0.0958. The van der Waals surface area contributed by atoms with Crippen LogP contribution in [0.5, 0.6) is 5.75 Å². The molecule has 1 N–H and O–H groups in total. The molecule has 0 atom stereocenters. The van der Waals surface area contributed by atoms with Crippen LogP contribution in [0.15, 0.2) is 35.7 Å². The highest BCUT2D eigenvalue weighted by molar-refractivity contribution is 7.12. The number of halogens is 1. The molecule has 2 rings (SSSR count). The van der Waals surface area contributed by atoms with E-state index in [1.165, 1.54) is 11.3 Å². The van der Waals surface area contributed by atoms with Crippen LogP contribution in [0.25, 0.3) is 0 Å². The van der Waals surface area contributed by atoms with Crippen molar-refractivity contribution in [3.63, 3.8) is 0 Å². The second-order valence-electron chi connectivity index (χ2n) is 3.95. The maximum atomic E-state index is 11.7. The molecule has 1 heterocycles. The highest BCUT2D eigenvalue weighted by Gasteiger charge is 2.06. The number of carbonyl (C=O) groups is 1. The first-order valence-corrected chi connectivity index (χ1v) is 7.10. The van der Waals surface area contributed by atoms with E-state index < -0.39 is 0 Å². The Labute approximate surface area is 121 Å². The van der Waals surface area contributed by atoms with Crippen molar-refractivity contribution in [2.45, 2.75) is 6.42 Å². The molecule has 0 radical (unpaired) electrons. The third-order valence-electron chi connectivity index (χ3n) is 2.66. The van der Waals surface area contributed by atoms with Gasteiger partial charge >= 0.3 is 0 Å². The molecular formula is C14H14ClNO2S. The Morgan fingerprint density at radius 1 is 1.42 bits per heavy atom.